The Morgan fingerprint density at radius 2 is 1.39 bits per heavy atom. The van der Waals surface area contributed by atoms with Gasteiger partial charge in [-0.05, 0) is 31.1 Å². The molecule has 0 radical (unpaired) electrons. The van der Waals surface area contributed by atoms with Crippen molar-refractivity contribution >= 4 is 17.5 Å². The normalized spacial score (nSPS) is 35.0. The van der Waals surface area contributed by atoms with Crippen LogP contribution in [0.5, 0.6) is 0 Å². The van der Waals surface area contributed by atoms with Crippen molar-refractivity contribution in [3.8, 4) is 0 Å². The molecule has 0 aromatic heterocycles. The van der Waals surface area contributed by atoms with Crippen LogP contribution in [-0.2, 0) is 14.4 Å². The third kappa shape index (κ3) is 5.05. The first-order chi connectivity index (χ1) is 12.7. The van der Waals surface area contributed by atoms with Crippen LogP contribution in [0.3, 0.4) is 0 Å². The average molecular weight is 415 g/mol. The van der Waals surface area contributed by atoms with Crippen LogP contribution in [-0.4, -0.2) is 35.9 Å². The molecule has 0 bridgehead atoms. The van der Waals surface area contributed by atoms with Gasteiger partial charge < -0.3 is 5.32 Å². The summed E-state index contributed by atoms with van der Waals surface area (Å²) < 4.78 is 78.2. The molecular formula is C18H23F6NO3. The fourth-order valence-corrected chi connectivity index (χ4v) is 4.09. The van der Waals surface area contributed by atoms with Gasteiger partial charge in [0.25, 0.3) is 0 Å². The number of nitrogens with one attached hydrogen (secondary N) is 1. The predicted molar refractivity (Wildman–Crippen MR) is 86.0 cm³/mol. The number of alkyl halides is 6. The number of rotatable bonds is 3. The smallest absolute Gasteiger partial charge is 0.352 e. The summed E-state index contributed by atoms with van der Waals surface area (Å²) in [6.07, 6.45) is -11.7. The molecule has 4 nitrogen and oxygen atoms in total. The van der Waals surface area contributed by atoms with E-state index in [2.05, 4.69) is 5.32 Å². The van der Waals surface area contributed by atoms with E-state index in [1.54, 1.807) is 13.8 Å². The Balaban J connectivity index is 2.13. The van der Waals surface area contributed by atoms with E-state index in [9.17, 15) is 40.7 Å². The molecule has 0 aromatic rings. The fraction of sp³-hybridized carbons (Fsp3) is 0.833. The van der Waals surface area contributed by atoms with Crippen LogP contribution in [0.4, 0.5) is 26.3 Å². The van der Waals surface area contributed by atoms with Gasteiger partial charge in [-0.3, -0.25) is 14.4 Å². The Labute approximate surface area is 158 Å². The topological polar surface area (TPSA) is 63.2 Å². The van der Waals surface area contributed by atoms with Gasteiger partial charge in [-0.25, -0.2) is 0 Å². The largest absolute Gasteiger partial charge is 0.391 e. The number of Topliss-reactive ketones (excluding diaryl/α,β-unsaturated/α-hetero) is 2. The molecule has 2 unspecified atom stereocenters. The lowest BCUT2D eigenvalue weighted by molar-refractivity contribution is -0.225. The van der Waals surface area contributed by atoms with Crippen LogP contribution in [0.2, 0.25) is 0 Å². The van der Waals surface area contributed by atoms with E-state index in [4.69, 9.17) is 0 Å². The van der Waals surface area contributed by atoms with E-state index in [-0.39, 0.29) is 12.8 Å². The summed E-state index contributed by atoms with van der Waals surface area (Å²) >= 11 is 0. The first-order valence-electron chi connectivity index (χ1n) is 9.15. The number of amides is 1. The fourth-order valence-electron chi connectivity index (χ4n) is 4.09. The molecular weight excluding hydrogens is 392 g/mol. The summed E-state index contributed by atoms with van der Waals surface area (Å²) in [6.45, 7) is 3.51. The molecule has 2 aliphatic rings. The monoisotopic (exact) mass is 415 g/mol. The Morgan fingerprint density at radius 3 is 1.75 bits per heavy atom. The summed E-state index contributed by atoms with van der Waals surface area (Å²) in [6, 6.07) is -1.40. The summed E-state index contributed by atoms with van der Waals surface area (Å²) in [4.78, 5) is 36.9. The molecule has 0 saturated heterocycles. The molecule has 2 saturated carbocycles. The number of carbonyl (C=O) groups is 3. The SMILES string of the molecule is CCC1(C)CC(=O)C(C(=O)NC2CC(C(F)(F)F)CC(C(F)(F)F)C2)C(=O)C1. The van der Waals surface area contributed by atoms with E-state index >= 15 is 0 Å². The van der Waals surface area contributed by atoms with Gasteiger partial charge in [0.1, 0.15) is 0 Å². The quantitative estimate of drug-likeness (QED) is 0.560. The highest BCUT2D eigenvalue weighted by Gasteiger charge is 2.53. The molecule has 2 atom stereocenters. The summed E-state index contributed by atoms with van der Waals surface area (Å²) in [5, 5.41) is 2.12. The molecule has 160 valence electrons. The van der Waals surface area contributed by atoms with E-state index in [1.807, 2.05) is 0 Å². The molecule has 1 N–H and O–H groups in total. The van der Waals surface area contributed by atoms with Crippen LogP contribution in [0, 0.1) is 23.2 Å². The number of halogens is 6. The van der Waals surface area contributed by atoms with Gasteiger partial charge >= 0.3 is 12.4 Å². The Morgan fingerprint density at radius 1 is 0.964 bits per heavy atom. The number of ketones is 2. The van der Waals surface area contributed by atoms with Crippen molar-refractivity contribution in [1.29, 1.82) is 0 Å². The maximum Gasteiger partial charge on any atom is 0.391 e. The van der Waals surface area contributed by atoms with Crippen molar-refractivity contribution in [3.05, 3.63) is 0 Å². The van der Waals surface area contributed by atoms with Gasteiger partial charge in [0.05, 0.1) is 11.8 Å². The van der Waals surface area contributed by atoms with Gasteiger partial charge in [0.15, 0.2) is 17.5 Å². The third-order valence-corrected chi connectivity index (χ3v) is 5.94. The lowest BCUT2D eigenvalue weighted by atomic mass is 9.68. The van der Waals surface area contributed by atoms with Crippen molar-refractivity contribution in [2.45, 2.75) is 70.8 Å². The highest BCUT2D eigenvalue weighted by atomic mass is 19.4. The highest BCUT2D eigenvalue weighted by molar-refractivity contribution is 6.20. The molecule has 2 aliphatic carbocycles. The van der Waals surface area contributed by atoms with Gasteiger partial charge in [-0.1, -0.05) is 13.8 Å². The second kappa shape index (κ2) is 7.67. The van der Waals surface area contributed by atoms with Crippen molar-refractivity contribution in [3.63, 3.8) is 0 Å². The van der Waals surface area contributed by atoms with Crippen LogP contribution in [0.25, 0.3) is 0 Å². The molecule has 0 aromatic carbocycles. The van der Waals surface area contributed by atoms with Gasteiger partial charge in [0, 0.05) is 18.9 Å². The van der Waals surface area contributed by atoms with E-state index in [1.165, 1.54) is 0 Å². The minimum atomic E-state index is -4.83. The van der Waals surface area contributed by atoms with Crippen molar-refractivity contribution in [1.82, 2.24) is 5.32 Å². The second-order valence-corrected chi connectivity index (χ2v) is 8.27. The lowest BCUT2D eigenvalue weighted by Crippen LogP contribution is -2.52. The second-order valence-electron chi connectivity index (χ2n) is 8.27. The molecule has 28 heavy (non-hydrogen) atoms. The molecule has 10 heteroatoms. The van der Waals surface area contributed by atoms with Crippen molar-refractivity contribution in [2.24, 2.45) is 23.2 Å². The highest BCUT2D eigenvalue weighted by Crippen LogP contribution is 2.46. The predicted octanol–water partition coefficient (Wildman–Crippen LogP) is 3.98. The Kier molecular flexibility index (Phi) is 6.21. The molecule has 0 aliphatic heterocycles. The first kappa shape index (κ1) is 22.7. The molecule has 0 heterocycles. The van der Waals surface area contributed by atoms with Crippen molar-refractivity contribution in [2.75, 3.05) is 0 Å². The summed E-state index contributed by atoms with van der Waals surface area (Å²) in [5.74, 6) is -8.46. The van der Waals surface area contributed by atoms with Crippen molar-refractivity contribution < 1.29 is 40.7 Å². The summed E-state index contributed by atoms with van der Waals surface area (Å²) in [5.41, 5.74) is -0.585. The van der Waals surface area contributed by atoms with Crippen LogP contribution in [0.1, 0.15) is 52.4 Å². The minimum Gasteiger partial charge on any atom is -0.352 e. The number of hydrogen-bond acceptors (Lipinski definition) is 3. The summed E-state index contributed by atoms with van der Waals surface area (Å²) in [7, 11) is 0. The number of carbonyl (C=O) groups excluding carboxylic acids is 3. The zero-order valence-electron chi connectivity index (χ0n) is 15.5. The molecule has 2 rings (SSSR count). The molecule has 2 fully saturated rings. The standard InChI is InChI=1S/C18H23F6NO3/c1-3-16(2)7-12(26)14(13(27)8-16)15(28)25-11-5-9(17(19,20)21)4-10(6-11)18(22,23)24/h9-11,14H,3-8H2,1-2H3,(H,25,28). The number of hydrogen-bond donors (Lipinski definition) is 1. The Bertz CT molecular complexity index is 602. The van der Waals surface area contributed by atoms with Gasteiger partial charge in [0.2, 0.25) is 5.91 Å². The van der Waals surface area contributed by atoms with Gasteiger partial charge in [-0.15, -0.1) is 0 Å². The lowest BCUT2D eigenvalue weighted by Gasteiger charge is -2.38. The first-order valence-corrected chi connectivity index (χ1v) is 9.15. The maximum atomic E-state index is 13.0. The zero-order valence-corrected chi connectivity index (χ0v) is 15.5. The molecule has 0 spiro atoms. The van der Waals surface area contributed by atoms with Crippen LogP contribution >= 0.6 is 0 Å². The van der Waals surface area contributed by atoms with E-state index in [0.29, 0.717) is 6.42 Å². The van der Waals surface area contributed by atoms with E-state index < -0.39 is 78.3 Å². The Hall–Kier alpha value is -1.61. The van der Waals surface area contributed by atoms with E-state index in [0.717, 1.165) is 0 Å². The minimum absolute atomic E-state index is 0.0334. The van der Waals surface area contributed by atoms with Gasteiger partial charge in [-0.2, -0.15) is 26.3 Å². The average Bonchev–Trinajstić information content (AvgIpc) is 2.52. The van der Waals surface area contributed by atoms with Crippen LogP contribution in [0.15, 0.2) is 0 Å². The van der Waals surface area contributed by atoms with Crippen LogP contribution < -0.4 is 5.32 Å². The third-order valence-electron chi connectivity index (χ3n) is 5.94. The zero-order chi connectivity index (χ0) is 21.5. The molecule has 1 amide bonds. The maximum absolute atomic E-state index is 13.0.